The molecule has 0 unspecified atom stereocenters. The molecule has 31 heavy (non-hydrogen) atoms. The van der Waals surface area contributed by atoms with Crippen LogP contribution in [0.4, 0.5) is 0 Å². The zero-order valence-electron chi connectivity index (χ0n) is 18.1. The van der Waals surface area contributed by atoms with Gasteiger partial charge in [-0.3, -0.25) is 9.59 Å². The highest BCUT2D eigenvalue weighted by Crippen LogP contribution is 2.20. The maximum atomic E-state index is 12.1. The van der Waals surface area contributed by atoms with Crippen molar-refractivity contribution in [3.05, 3.63) is 102 Å². The lowest BCUT2D eigenvalue weighted by Crippen LogP contribution is -2.27. The van der Waals surface area contributed by atoms with Gasteiger partial charge in [-0.25, -0.2) is 0 Å². The van der Waals surface area contributed by atoms with E-state index in [1.54, 1.807) is 43.5 Å². The first-order chi connectivity index (χ1) is 15.1. The minimum absolute atomic E-state index is 0.0157. The Morgan fingerprint density at radius 3 is 1.71 bits per heavy atom. The van der Waals surface area contributed by atoms with E-state index in [1.165, 1.54) is 0 Å². The van der Waals surface area contributed by atoms with E-state index in [9.17, 15) is 9.59 Å². The largest absolute Gasteiger partial charge is 0.496 e. The topological polar surface area (TPSA) is 61.8 Å². The fraction of sp³-hybridized carbons (Fsp3) is 0.231. The third-order valence-corrected chi connectivity index (χ3v) is 4.30. The van der Waals surface area contributed by atoms with Gasteiger partial charge in [-0.2, -0.15) is 0 Å². The number of rotatable bonds is 9. The number of hydrogen-bond donors (Lipinski definition) is 0. The summed E-state index contributed by atoms with van der Waals surface area (Å²) in [6.07, 6.45) is -0.776. The first kappa shape index (κ1) is 24.0. The maximum Gasteiger partial charge on any atom is 0.222 e. The van der Waals surface area contributed by atoms with Gasteiger partial charge in [-0.15, -0.1) is 0 Å². The summed E-state index contributed by atoms with van der Waals surface area (Å²) >= 11 is 0. The quantitative estimate of drug-likeness (QED) is 0.352. The van der Waals surface area contributed by atoms with E-state index in [4.69, 9.17) is 14.2 Å². The molecule has 0 radical (unpaired) electrons. The minimum Gasteiger partial charge on any atom is -0.496 e. The fourth-order valence-corrected chi connectivity index (χ4v) is 2.82. The van der Waals surface area contributed by atoms with Crippen molar-refractivity contribution in [2.75, 3.05) is 20.3 Å². The molecule has 3 aromatic rings. The molecule has 0 bridgehead atoms. The molecule has 0 saturated carbocycles. The third-order valence-electron chi connectivity index (χ3n) is 4.30. The Balaban J connectivity index is 0.000000221. The molecule has 3 aromatic carbocycles. The number of carbonyl (C=O) groups excluding carboxylic acids is 2. The van der Waals surface area contributed by atoms with E-state index in [-0.39, 0.29) is 11.6 Å². The van der Waals surface area contributed by atoms with Gasteiger partial charge in [0.1, 0.15) is 5.75 Å². The molecular formula is C26H28O5. The molecule has 5 nitrogen and oxygen atoms in total. The Bertz CT molecular complexity index is 932. The summed E-state index contributed by atoms with van der Waals surface area (Å²) in [5.41, 5.74) is 1.88. The summed E-state index contributed by atoms with van der Waals surface area (Å²) in [4.78, 5) is 24.0. The Hall–Kier alpha value is -3.28. The van der Waals surface area contributed by atoms with Gasteiger partial charge in [-0.05, 0) is 26.0 Å². The van der Waals surface area contributed by atoms with Crippen LogP contribution in [0.1, 0.15) is 40.1 Å². The number of methoxy groups -OCH3 is 1. The van der Waals surface area contributed by atoms with Crippen LogP contribution < -0.4 is 4.74 Å². The van der Waals surface area contributed by atoms with Crippen LogP contribution >= 0.6 is 0 Å². The average Bonchev–Trinajstić information content (AvgIpc) is 2.84. The lowest BCUT2D eigenvalue weighted by atomic mass is 10.0. The Labute approximate surface area is 183 Å². The Morgan fingerprint density at radius 1 is 0.710 bits per heavy atom. The smallest absolute Gasteiger partial charge is 0.222 e. The zero-order valence-corrected chi connectivity index (χ0v) is 18.1. The normalized spacial score (nSPS) is 10.2. The molecule has 0 aromatic heterocycles. The van der Waals surface area contributed by atoms with Crippen molar-refractivity contribution in [1.29, 1.82) is 0 Å². The number of carbonyl (C=O) groups is 2. The van der Waals surface area contributed by atoms with Crippen molar-refractivity contribution in [2.45, 2.75) is 20.1 Å². The van der Waals surface area contributed by atoms with Crippen molar-refractivity contribution in [1.82, 2.24) is 0 Å². The second-order valence-corrected chi connectivity index (χ2v) is 6.37. The SMILES string of the molecule is CCOC(OCC)C(=O)c1ccccc1.COc1ccccc1C(=O)c1ccccc1. The highest BCUT2D eigenvalue weighted by Gasteiger charge is 2.19. The van der Waals surface area contributed by atoms with Crippen molar-refractivity contribution < 1.29 is 23.8 Å². The third kappa shape index (κ3) is 7.17. The molecule has 0 amide bonds. The second kappa shape index (κ2) is 13.1. The molecule has 0 aliphatic rings. The van der Waals surface area contributed by atoms with Crippen LogP contribution in [0.15, 0.2) is 84.9 Å². The monoisotopic (exact) mass is 420 g/mol. The van der Waals surface area contributed by atoms with Gasteiger partial charge in [0.2, 0.25) is 12.1 Å². The van der Waals surface area contributed by atoms with Crippen LogP contribution in [-0.4, -0.2) is 38.2 Å². The predicted molar refractivity (Wildman–Crippen MR) is 121 cm³/mol. The first-order valence-electron chi connectivity index (χ1n) is 10.2. The molecule has 3 rings (SSSR count). The molecule has 162 valence electrons. The standard InChI is InChI=1S/C14H12O2.C12H16O3/c1-16-13-10-6-5-9-12(13)14(15)11-7-3-2-4-8-11;1-3-14-12(15-4-2)11(13)10-8-6-5-7-9-10/h2-10H,1H3;5-9,12H,3-4H2,1-2H3. The summed E-state index contributed by atoms with van der Waals surface area (Å²) in [7, 11) is 1.57. The number of hydrogen-bond acceptors (Lipinski definition) is 5. The van der Waals surface area contributed by atoms with Gasteiger partial charge >= 0.3 is 0 Å². The molecule has 0 spiro atoms. The number of benzene rings is 3. The summed E-state index contributed by atoms with van der Waals surface area (Å²) < 4.78 is 15.6. The number of Topliss-reactive ketones (excluding diaryl/α,β-unsaturated/α-hetero) is 1. The second-order valence-electron chi connectivity index (χ2n) is 6.37. The van der Waals surface area contributed by atoms with Crippen molar-refractivity contribution >= 4 is 11.6 Å². The van der Waals surface area contributed by atoms with Crippen LogP contribution in [0.3, 0.4) is 0 Å². The predicted octanol–water partition coefficient (Wildman–Crippen LogP) is 5.19. The molecule has 0 aliphatic carbocycles. The van der Waals surface area contributed by atoms with Crippen molar-refractivity contribution in [2.24, 2.45) is 0 Å². The maximum absolute atomic E-state index is 12.1. The summed E-state index contributed by atoms with van der Waals surface area (Å²) in [6.45, 7) is 4.60. The van der Waals surface area contributed by atoms with E-state index in [0.29, 0.717) is 35.7 Å². The molecule has 0 atom stereocenters. The molecular weight excluding hydrogens is 392 g/mol. The molecule has 0 heterocycles. The number of ketones is 2. The average molecular weight is 421 g/mol. The minimum atomic E-state index is -0.776. The van der Waals surface area contributed by atoms with Gasteiger partial charge < -0.3 is 14.2 Å². The van der Waals surface area contributed by atoms with Gasteiger partial charge in [0.25, 0.3) is 0 Å². The summed E-state index contributed by atoms with van der Waals surface area (Å²) in [5, 5.41) is 0. The molecule has 0 saturated heterocycles. The van der Waals surface area contributed by atoms with Crippen LogP contribution in [0.2, 0.25) is 0 Å². The van der Waals surface area contributed by atoms with Crippen LogP contribution in [0.5, 0.6) is 5.75 Å². The van der Waals surface area contributed by atoms with E-state index in [2.05, 4.69) is 0 Å². The highest BCUT2D eigenvalue weighted by atomic mass is 16.7. The van der Waals surface area contributed by atoms with Crippen LogP contribution in [-0.2, 0) is 9.47 Å². The Kier molecular flexibility index (Phi) is 10.1. The van der Waals surface area contributed by atoms with E-state index in [0.717, 1.165) is 0 Å². The summed E-state index contributed by atoms with van der Waals surface area (Å²) in [6, 6.07) is 25.5. The van der Waals surface area contributed by atoms with E-state index < -0.39 is 6.29 Å². The lowest BCUT2D eigenvalue weighted by molar-refractivity contribution is -0.107. The van der Waals surface area contributed by atoms with Gasteiger partial charge in [0.15, 0.2) is 5.78 Å². The molecule has 0 N–H and O–H groups in total. The van der Waals surface area contributed by atoms with Gasteiger partial charge in [0.05, 0.1) is 12.7 Å². The van der Waals surface area contributed by atoms with E-state index >= 15 is 0 Å². The van der Waals surface area contributed by atoms with Crippen molar-refractivity contribution in [3.8, 4) is 5.75 Å². The first-order valence-corrected chi connectivity index (χ1v) is 10.2. The zero-order chi connectivity index (χ0) is 22.5. The van der Waals surface area contributed by atoms with Crippen LogP contribution in [0.25, 0.3) is 0 Å². The van der Waals surface area contributed by atoms with Gasteiger partial charge in [0, 0.05) is 24.3 Å². The summed E-state index contributed by atoms with van der Waals surface area (Å²) in [5.74, 6) is 0.466. The lowest BCUT2D eigenvalue weighted by Gasteiger charge is -2.15. The Morgan fingerprint density at radius 2 is 1.19 bits per heavy atom. The highest BCUT2D eigenvalue weighted by molar-refractivity contribution is 6.10. The van der Waals surface area contributed by atoms with E-state index in [1.807, 2.05) is 62.4 Å². The fourth-order valence-electron chi connectivity index (χ4n) is 2.82. The molecule has 0 aliphatic heterocycles. The van der Waals surface area contributed by atoms with Gasteiger partial charge in [-0.1, -0.05) is 72.8 Å². The van der Waals surface area contributed by atoms with Crippen molar-refractivity contribution in [3.63, 3.8) is 0 Å². The van der Waals surface area contributed by atoms with Crippen LogP contribution in [0, 0.1) is 0 Å². The molecule has 5 heteroatoms. The number of ether oxygens (including phenoxy) is 3. The molecule has 0 fully saturated rings. The number of para-hydroxylation sites is 1.